The van der Waals surface area contributed by atoms with Crippen LogP contribution in [0.15, 0.2) is 6.20 Å². The first-order chi connectivity index (χ1) is 9.81. The Labute approximate surface area is 124 Å². The lowest BCUT2D eigenvalue weighted by Crippen LogP contribution is -2.35. The van der Waals surface area contributed by atoms with Crippen LogP contribution in [0.2, 0.25) is 0 Å². The molecule has 0 saturated carbocycles. The standard InChI is InChI=1S/C14H21N3O4/c1-14(2,3)21-13(18)17(4)12-10(19-5)6-15-11(16-12)9-7-20-8-9/h6,9H,7-8H2,1-5H3. The Kier molecular flexibility index (Phi) is 4.32. The second-order valence-corrected chi connectivity index (χ2v) is 5.89. The highest BCUT2D eigenvalue weighted by atomic mass is 16.6. The Balaban J connectivity index is 2.25. The molecular weight excluding hydrogens is 274 g/mol. The SMILES string of the molecule is COc1cnc(C2COC2)nc1N(C)C(=O)OC(C)(C)C. The number of rotatable bonds is 3. The summed E-state index contributed by atoms with van der Waals surface area (Å²) in [5.74, 6) is 1.63. The zero-order valence-corrected chi connectivity index (χ0v) is 13.0. The summed E-state index contributed by atoms with van der Waals surface area (Å²) in [5, 5.41) is 0. The fourth-order valence-corrected chi connectivity index (χ4v) is 1.76. The number of aromatic nitrogens is 2. The average Bonchev–Trinajstić information content (AvgIpc) is 2.33. The second kappa shape index (κ2) is 5.85. The monoisotopic (exact) mass is 295 g/mol. The zero-order chi connectivity index (χ0) is 15.6. The topological polar surface area (TPSA) is 73.8 Å². The summed E-state index contributed by atoms with van der Waals surface area (Å²) >= 11 is 0. The molecule has 1 amide bonds. The van der Waals surface area contributed by atoms with Gasteiger partial charge in [-0.05, 0) is 20.8 Å². The molecular formula is C14H21N3O4. The van der Waals surface area contributed by atoms with E-state index >= 15 is 0 Å². The van der Waals surface area contributed by atoms with Gasteiger partial charge in [-0.2, -0.15) is 0 Å². The summed E-state index contributed by atoms with van der Waals surface area (Å²) in [4.78, 5) is 22.2. The molecule has 1 aromatic rings. The molecule has 1 aliphatic rings. The highest BCUT2D eigenvalue weighted by Crippen LogP contribution is 2.29. The number of carbonyl (C=O) groups excluding carboxylic acids is 1. The normalized spacial score (nSPS) is 15.3. The van der Waals surface area contributed by atoms with Crippen LogP contribution < -0.4 is 9.64 Å². The minimum absolute atomic E-state index is 0.168. The van der Waals surface area contributed by atoms with Gasteiger partial charge in [0.2, 0.25) is 0 Å². The lowest BCUT2D eigenvalue weighted by atomic mass is 10.1. The molecule has 7 nitrogen and oxygen atoms in total. The van der Waals surface area contributed by atoms with Gasteiger partial charge in [-0.3, -0.25) is 4.90 Å². The Morgan fingerprint density at radius 1 is 1.43 bits per heavy atom. The van der Waals surface area contributed by atoms with Crippen molar-refractivity contribution in [3.05, 3.63) is 12.0 Å². The molecule has 1 saturated heterocycles. The van der Waals surface area contributed by atoms with Gasteiger partial charge in [-0.15, -0.1) is 0 Å². The number of carbonyl (C=O) groups is 1. The van der Waals surface area contributed by atoms with Gasteiger partial charge in [-0.1, -0.05) is 0 Å². The third-order valence-corrected chi connectivity index (χ3v) is 2.96. The fourth-order valence-electron chi connectivity index (χ4n) is 1.76. The van der Waals surface area contributed by atoms with Gasteiger partial charge >= 0.3 is 6.09 Å². The largest absolute Gasteiger partial charge is 0.491 e. The molecule has 0 atom stereocenters. The minimum atomic E-state index is -0.573. The molecule has 7 heteroatoms. The summed E-state index contributed by atoms with van der Waals surface area (Å²) in [5.41, 5.74) is -0.573. The van der Waals surface area contributed by atoms with Crippen LogP contribution in [0.5, 0.6) is 5.75 Å². The molecule has 1 fully saturated rings. The first-order valence-electron chi connectivity index (χ1n) is 6.77. The van der Waals surface area contributed by atoms with Crippen molar-refractivity contribution in [1.29, 1.82) is 0 Å². The maximum atomic E-state index is 12.2. The van der Waals surface area contributed by atoms with Gasteiger partial charge in [0.15, 0.2) is 11.6 Å². The van der Waals surface area contributed by atoms with E-state index in [0.717, 1.165) is 0 Å². The van der Waals surface area contributed by atoms with Gasteiger partial charge in [0.25, 0.3) is 0 Å². The van der Waals surface area contributed by atoms with Crippen LogP contribution in [-0.2, 0) is 9.47 Å². The van der Waals surface area contributed by atoms with E-state index in [0.29, 0.717) is 30.6 Å². The number of ether oxygens (including phenoxy) is 3. The van der Waals surface area contributed by atoms with Crippen molar-refractivity contribution < 1.29 is 19.0 Å². The molecule has 0 spiro atoms. The zero-order valence-electron chi connectivity index (χ0n) is 13.0. The van der Waals surface area contributed by atoms with Gasteiger partial charge in [0, 0.05) is 7.05 Å². The van der Waals surface area contributed by atoms with Crippen molar-refractivity contribution in [2.45, 2.75) is 32.3 Å². The molecule has 2 rings (SSSR count). The lowest BCUT2D eigenvalue weighted by molar-refractivity contribution is 0.00483. The number of amides is 1. The van der Waals surface area contributed by atoms with Crippen molar-refractivity contribution in [3.63, 3.8) is 0 Å². The molecule has 116 valence electrons. The first-order valence-corrected chi connectivity index (χ1v) is 6.77. The smallest absolute Gasteiger partial charge is 0.415 e. The lowest BCUT2D eigenvalue weighted by Gasteiger charge is -2.27. The summed E-state index contributed by atoms with van der Waals surface area (Å²) in [6.07, 6.45) is 1.08. The Hall–Kier alpha value is -1.89. The van der Waals surface area contributed by atoms with E-state index in [-0.39, 0.29) is 5.92 Å². The maximum Gasteiger partial charge on any atom is 0.415 e. The van der Waals surface area contributed by atoms with E-state index in [2.05, 4.69) is 9.97 Å². The van der Waals surface area contributed by atoms with Crippen LogP contribution in [0.3, 0.4) is 0 Å². The average molecular weight is 295 g/mol. The van der Waals surface area contributed by atoms with E-state index in [4.69, 9.17) is 14.2 Å². The van der Waals surface area contributed by atoms with E-state index in [1.807, 2.05) is 20.8 Å². The van der Waals surface area contributed by atoms with Crippen molar-refractivity contribution in [1.82, 2.24) is 9.97 Å². The van der Waals surface area contributed by atoms with Crippen LogP contribution in [0.1, 0.15) is 32.5 Å². The molecule has 0 unspecified atom stereocenters. The predicted molar refractivity (Wildman–Crippen MR) is 76.8 cm³/mol. The van der Waals surface area contributed by atoms with Gasteiger partial charge in [0.1, 0.15) is 11.4 Å². The molecule has 1 aliphatic heterocycles. The Morgan fingerprint density at radius 2 is 2.10 bits per heavy atom. The third kappa shape index (κ3) is 3.60. The number of methoxy groups -OCH3 is 1. The van der Waals surface area contributed by atoms with Crippen LogP contribution in [0, 0.1) is 0 Å². The quantitative estimate of drug-likeness (QED) is 0.848. The summed E-state index contributed by atoms with van der Waals surface area (Å²) in [6, 6.07) is 0. The summed E-state index contributed by atoms with van der Waals surface area (Å²) in [6.45, 7) is 6.64. The summed E-state index contributed by atoms with van der Waals surface area (Å²) < 4.78 is 15.7. The van der Waals surface area contributed by atoms with Crippen LogP contribution in [0.25, 0.3) is 0 Å². The molecule has 0 aromatic carbocycles. The second-order valence-electron chi connectivity index (χ2n) is 5.89. The van der Waals surface area contributed by atoms with Gasteiger partial charge in [-0.25, -0.2) is 14.8 Å². The van der Waals surface area contributed by atoms with E-state index < -0.39 is 11.7 Å². The molecule has 2 heterocycles. The maximum absolute atomic E-state index is 12.2. The fraction of sp³-hybridized carbons (Fsp3) is 0.643. The molecule has 0 N–H and O–H groups in total. The molecule has 0 aliphatic carbocycles. The van der Waals surface area contributed by atoms with Crippen LogP contribution >= 0.6 is 0 Å². The number of hydrogen-bond donors (Lipinski definition) is 0. The van der Waals surface area contributed by atoms with Gasteiger partial charge < -0.3 is 14.2 Å². The number of nitrogens with zero attached hydrogens (tertiary/aromatic N) is 3. The molecule has 1 aromatic heterocycles. The number of anilines is 1. The Morgan fingerprint density at radius 3 is 2.57 bits per heavy atom. The number of hydrogen-bond acceptors (Lipinski definition) is 6. The van der Waals surface area contributed by atoms with Crippen molar-refractivity contribution in [3.8, 4) is 5.75 Å². The predicted octanol–water partition coefficient (Wildman–Crippen LogP) is 1.97. The third-order valence-electron chi connectivity index (χ3n) is 2.96. The van der Waals surface area contributed by atoms with Crippen molar-refractivity contribution >= 4 is 11.9 Å². The van der Waals surface area contributed by atoms with Crippen LogP contribution in [0.4, 0.5) is 10.6 Å². The van der Waals surface area contributed by atoms with E-state index in [1.54, 1.807) is 13.2 Å². The van der Waals surface area contributed by atoms with Crippen LogP contribution in [-0.4, -0.2) is 49.0 Å². The first kappa shape index (κ1) is 15.5. The van der Waals surface area contributed by atoms with E-state index in [9.17, 15) is 4.79 Å². The highest BCUT2D eigenvalue weighted by Gasteiger charge is 2.28. The molecule has 21 heavy (non-hydrogen) atoms. The van der Waals surface area contributed by atoms with Gasteiger partial charge in [0.05, 0.1) is 32.4 Å². The summed E-state index contributed by atoms with van der Waals surface area (Å²) in [7, 11) is 3.11. The highest BCUT2D eigenvalue weighted by molar-refractivity contribution is 5.87. The minimum Gasteiger partial charge on any atom is -0.491 e. The van der Waals surface area contributed by atoms with Crippen molar-refractivity contribution in [2.75, 3.05) is 32.3 Å². The molecule has 0 bridgehead atoms. The molecule has 0 radical (unpaired) electrons. The van der Waals surface area contributed by atoms with E-state index in [1.165, 1.54) is 12.0 Å². The van der Waals surface area contributed by atoms with Crippen molar-refractivity contribution in [2.24, 2.45) is 0 Å². The Bertz CT molecular complexity index is 523.